The van der Waals surface area contributed by atoms with Gasteiger partial charge in [-0.2, -0.15) is 0 Å². The molecule has 0 radical (unpaired) electrons. The predicted molar refractivity (Wildman–Crippen MR) is 83.8 cm³/mol. The zero-order valence-electron chi connectivity index (χ0n) is 13.0. The molecule has 0 aliphatic carbocycles. The summed E-state index contributed by atoms with van der Waals surface area (Å²) in [4.78, 5) is 4.96. The van der Waals surface area contributed by atoms with Gasteiger partial charge in [0, 0.05) is 11.1 Å². The van der Waals surface area contributed by atoms with Crippen LogP contribution >= 0.6 is 0 Å². The zero-order chi connectivity index (χ0) is 14.2. The van der Waals surface area contributed by atoms with E-state index in [4.69, 9.17) is 4.98 Å². The van der Waals surface area contributed by atoms with Crippen molar-refractivity contribution in [1.82, 2.24) is 4.98 Å². The average molecular weight is 255 g/mol. The molecule has 2 rings (SSSR count). The summed E-state index contributed by atoms with van der Waals surface area (Å²) in [6.45, 7) is 13.4. The number of hydrogen-bond donors (Lipinski definition) is 0. The van der Waals surface area contributed by atoms with Crippen molar-refractivity contribution in [3.8, 4) is 0 Å². The molecule has 0 amide bonds. The quantitative estimate of drug-likeness (QED) is 0.737. The van der Waals surface area contributed by atoms with Crippen LogP contribution in [0.2, 0.25) is 0 Å². The van der Waals surface area contributed by atoms with Crippen LogP contribution in [0, 0.1) is 19.8 Å². The Kier molecular flexibility index (Phi) is 3.93. The monoisotopic (exact) mass is 255 g/mol. The summed E-state index contributed by atoms with van der Waals surface area (Å²) in [5.41, 5.74) is 6.47. The molecule has 2 aromatic rings. The van der Waals surface area contributed by atoms with Crippen LogP contribution in [0.3, 0.4) is 0 Å². The minimum atomic E-state index is 0.534. The topological polar surface area (TPSA) is 12.9 Å². The van der Waals surface area contributed by atoms with Crippen molar-refractivity contribution in [2.24, 2.45) is 5.92 Å². The molecule has 0 saturated heterocycles. The minimum absolute atomic E-state index is 0.534. The standard InChI is InChI=1S/C18H25N/c1-11(2)7-17-15(12(3)4)10-16-14(6)8-13(5)9-18(16)19-17/h8-12H,7H2,1-6H3. The molecule has 0 saturated carbocycles. The maximum absolute atomic E-state index is 4.96. The van der Waals surface area contributed by atoms with E-state index in [9.17, 15) is 0 Å². The Hall–Kier alpha value is -1.37. The molecule has 102 valence electrons. The number of fused-ring (bicyclic) bond motifs is 1. The van der Waals surface area contributed by atoms with Crippen molar-refractivity contribution in [2.45, 2.75) is 53.9 Å². The highest BCUT2D eigenvalue weighted by Gasteiger charge is 2.12. The van der Waals surface area contributed by atoms with Gasteiger partial charge in [-0.25, -0.2) is 0 Å². The second-order valence-electron chi connectivity index (χ2n) is 6.43. The van der Waals surface area contributed by atoms with Gasteiger partial charge in [0.2, 0.25) is 0 Å². The second kappa shape index (κ2) is 5.32. The van der Waals surface area contributed by atoms with Gasteiger partial charge in [-0.1, -0.05) is 33.8 Å². The Morgan fingerprint density at radius 2 is 1.68 bits per heavy atom. The third-order valence-corrected chi connectivity index (χ3v) is 3.62. The SMILES string of the molecule is Cc1cc(C)c2cc(C(C)C)c(CC(C)C)nc2c1. The van der Waals surface area contributed by atoms with Crippen LogP contribution in [0.5, 0.6) is 0 Å². The first-order chi connectivity index (χ1) is 8.88. The van der Waals surface area contributed by atoms with Gasteiger partial charge < -0.3 is 0 Å². The molecule has 0 bridgehead atoms. The first-order valence-electron chi connectivity index (χ1n) is 7.29. The third kappa shape index (κ3) is 2.97. The van der Waals surface area contributed by atoms with Gasteiger partial charge in [0.1, 0.15) is 0 Å². The van der Waals surface area contributed by atoms with Gasteiger partial charge in [-0.05, 0) is 60.9 Å². The summed E-state index contributed by atoms with van der Waals surface area (Å²) < 4.78 is 0. The number of hydrogen-bond acceptors (Lipinski definition) is 1. The molecule has 1 heteroatoms. The fourth-order valence-corrected chi connectivity index (χ4v) is 2.74. The molecule has 1 aromatic heterocycles. The predicted octanol–water partition coefficient (Wildman–Crippen LogP) is 5.17. The van der Waals surface area contributed by atoms with E-state index < -0.39 is 0 Å². The Morgan fingerprint density at radius 3 is 2.26 bits per heavy atom. The fourth-order valence-electron chi connectivity index (χ4n) is 2.74. The van der Waals surface area contributed by atoms with E-state index in [1.54, 1.807) is 0 Å². The molecule has 0 unspecified atom stereocenters. The Bertz CT molecular complexity index is 594. The van der Waals surface area contributed by atoms with Crippen LogP contribution in [0.4, 0.5) is 0 Å². The van der Waals surface area contributed by atoms with Gasteiger partial charge in [0.05, 0.1) is 5.52 Å². The zero-order valence-corrected chi connectivity index (χ0v) is 13.0. The number of pyridine rings is 1. The van der Waals surface area contributed by atoms with Gasteiger partial charge in [0.25, 0.3) is 0 Å². The molecular formula is C18H25N. The van der Waals surface area contributed by atoms with E-state index in [2.05, 4.69) is 59.7 Å². The van der Waals surface area contributed by atoms with Gasteiger partial charge in [-0.3, -0.25) is 4.98 Å². The van der Waals surface area contributed by atoms with Crippen molar-refractivity contribution in [3.05, 3.63) is 40.6 Å². The molecule has 0 spiro atoms. The average Bonchev–Trinajstić information content (AvgIpc) is 2.26. The van der Waals surface area contributed by atoms with Crippen molar-refractivity contribution in [3.63, 3.8) is 0 Å². The summed E-state index contributed by atoms with van der Waals surface area (Å²) in [7, 11) is 0. The summed E-state index contributed by atoms with van der Waals surface area (Å²) in [5, 5.41) is 1.31. The van der Waals surface area contributed by atoms with E-state index in [1.807, 2.05) is 0 Å². The Balaban J connectivity index is 2.69. The molecule has 0 aliphatic rings. The summed E-state index contributed by atoms with van der Waals surface area (Å²) in [5.74, 6) is 1.18. The van der Waals surface area contributed by atoms with Crippen LogP contribution in [-0.4, -0.2) is 4.98 Å². The van der Waals surface area contributed by atoms with Crippen LogP contribution in [-0.2, 0) is 6.42 Å². The highest BCUT2D eigenvalue weighted by molar-refractivity contribution is 5.83. The lowest BCUT2D eigenvalue weighted by Gasteiger charge is -2.16. The van der Waals surface area contributed by atoms with E-state index in [0.717, 1.165) is 11.9 Å². The van der Waals surface area contributed by atoms with E-state index in [0.29, 0.717) is 11.8 Å². The highest BCUT2D eigenvalue weighted by Crippen LogP contribution is 2.27. The van der Waals surface area contributed by atoms with Crippen LogP contribution < -0.4 is 0 Å². The summed E-state index contributed by atoms with van der Waals surface area (Å²) in [6.07, 6.45) is 1.07. The smallest absolute Gasteiger partial charge is 0.0710 e. The lowest BCUT2D eigenvalue weighted by atomic mass is 9.93. The molecular weight excluding hydrogens is 230 g/mol. The summed E-state index contributed by atoms with van der Waals surface area (Å²) >= 11 is 0. The molecule has 1 nitrogen and oxygen atoms in total. The highest BCUT2D eigenvalue weighted by atomic mass is 14.7. The number of rotatable bonds is 3. The molecule has 19 heavy (non-hydrogen) atoms. The maximum Gasteiger partial charge on any atom is 0.0710 e. The normalized spacial score (nSPS) is 11.8. The van der Waals surface area contributed by atoms with Crippen molar-refractivity contribution in [1.29, 1.82) is 0 Å². The lowest BCUT2D eigenvalue weighted by Crippen LogP contribution is -2.05. The van der Waals surface area contributed by atoms with Crippen molar-refractivity contribution < 1.29 is 0 Å². The number of nitrogens with zero attached hydrogens (tertiary/aromatic N) is 1. The van der Waals surface area contributed by atoms with E-state index in [-0.39, 0.29) is 0 Å². The molecule has 0 aliphatic heterocycles. The third-order valence-electron chi connectivity index (χ3n) is 3.62. The second-order valence-corrected chi connectivity index (χ2v) is 6.43. The summed E-state index contributed by atoms with van der Waals surface area (Å²) in [6, 6.07) is 6.81. The van der Waals surface area contributed by atoms with Crippen molar-refractivity contribution in [2.75, 3.05) is 0 Å². The molecule has 1 aromatic carbocycles. The molecule has 0 N–H and O–H groups in total. The van der Waals surface area contributed by atoms with Gasteiger partial charge in [0.15, 0.2) is 0 Å². The first kappa shape index (κ1) is 14.0. The molecule has 1 heterocycles. The number of benzene rings is 1. The van der Waals surface area contributed by atoms with Crippen LogP contribution in [0.25, 0.3) is 10.9 Å². The van der Waals surface area contributed by atoms with E-state index in [1.165, 1.54) is 27.8 Å². The largest absolute Gasteiger partial charge is 0.253 e. The van der Waals surface area contributed by atoms with Gasteiger partial charge >= 0.3 is 0 Å². The Morgan fingerprint density at radius 1 is 1.00 bits per heavy atom. The van der Waals surface area contributed by atoms with E-state index >= 15 is 0 Å². The molecule has 0 fully saturated rings. The number of aromatic nitrogens is 1. The lowest BCUT2D eigenvalue weighted by molar-refractivity contribution is 0.627. The van der Waals surface area contributed by atoms with Gasteiger partial charge in [-0.15, -0.1) is 0 Å². The minimum Gasteiger partial charge on any atom is -0.253 e. The number of aryl methyl sites for hydroxylation is 2. The van der Waals surface area contributed by atoms with Crippen molar-refractivity contribution >= 4 is 10.9 Å². The first-order valence-corrected chi connectivity index (χ1v) is 7.29. The molecule has 0 atom stereocenters. The maximum atomic E-state index is 4.96. The van der Waals surface area contributed by atoms with Crippen LogP contribution in [0.1, 0.15) is 56.0 Å². The van der Waals surface area contributed by atoms with Crippen LogP contribution in [0.15, 0.2) is 18.2 Å². The Labute approximate surface area is 117 Å². The fraction of sp³-hybridized carbons (Fsp3) is 0.500.